The predicted molar refractivity (Wildman–Crippen MR) is 92.2 cm³/mol. The van der Waals surface area contributed by atoms with Gasteiger partial charge in [0.05, 0.1) is 0 Å². The first-order chi connectivity index (χ1) is 10.8. The molecule has 2 rings (SSSR count). The zero-order valence-corrected chi connectivity index (χ0v) is 15.3. The minimum Gasteiger partial charge on any atom is -0.354 e. The number of nitrogens with zero attached hydrogens (tertiary/aromatic N) is 1. The van der Waals surface area contributed by atoms with E-state index in [1.807, 2.05) is 24.3 Å². The molecular formula is C15H18BrN3O3S. The van der Waals surface area contributed by atoms with Gasteiger partial charge in [0.1, 0.15) is 12.1 Å². The molecule has 0 aromatic heterocycles. The summed E-state index contributed by atoms with van der Waals surface area (Å²) in [5.74, 6) is -0.0246. The van der Waals surface area contributed by atoms with Crippen LogP contribution in [0.5, 0.6) is 0 Å². The molecule has 1 aromatic rings. The van der Waals surface area contributed by atoms with Crippen LogP contribution in [0.2, 0.25) is 0 Å². The molecule has 0 atom stereocenters. The highest BCUT2D eigenvalue weighted by Gasteiger charge is 2.44. The maximum Gasteiger partial charge on any atom is 0.325 e. The molecule has 0 radical (unpaired) electrons. The fourth-order valence-corrected chi connectivity index (χ4v) is 3.08. The molecular weight excluding hydrogens is 382 g/mol. The Hall–Kier alpha value is -1.54. The molecule has 0 spiro atoms. The van der Waals surface area contributed by atoms with Gasteiger partial charge in [0, 0.05) is 21.7 Å². The van der Waals surface area contributed by atoms with Crippen LogP contribution in [-0.4, -0.2) is 47.1 Å². The van der Waals surface area contributed by atoms with Gasteiger partial charge in [-0.1, -0.05) is 15.9 Å². The van der Waals surface area contributed by atoms with Gasteiger partial charge in [0.2, 0.25) is 5.91 Å². The lowest BCUT2D eigenvalue weighted by Gasteiger charge is -2.15. The smallest absolute Gasteiger partial charge is 0.325 e. The zero-order chi connectivity index (χ0) is 17.0. The van der Waals surface area contributed by atoms with Crippen molar-refractivity contribution in [2.24, 2.45) is 0 Å². The molecule has 23 heavy (non-hydrogen) atoms. The zero-order valence-electron chi connectivity index (χ0n) is 12.9. The van der Waals surface area contributed by atoms with Crippen molar-refractivity contribution >= 4 is 45.5 Å². The predicted octanol–water partition coefficient (Wildman–Crippen LogP) is 1.99. The van der Waals surface area contributed by atoms with Crippen LogP contribution in [-0.2, 0) is 9.59 Å². The van der Waals surface area contributed by atoms with Crippen molar-refractivity contribution in [3.63, 3.8) is 0 Å². The Kier molecular flexibility index (Phi) is 5.69. The Labute approximate surface area is 147 Å². The summed E-state index contributed by atoms with van der Waals surface area (Å²) in [4.78, 5) is 37.6. The van der Waals surface area contributed by atoms with Crippen molar-refractivity contribution in [1.82, 2.24) is 15.5 Å². The van der Waals surface area contributed by atoms with E-state index in [2.05, 4.69) is 26.6 Å². The third-order valence-corrected chi connectivity index (χ3v) is 4.80. The number of thioether (sulfide) groups is 1. The summed E-state index contributed by atoms with van der Waals surface area (Å²) >= 11 is 4.99. The summed E-state index contributed by atoms with van der Waals surface area (Å²) in [5, 5.41) is 5.26. The van der Waals surface area contributed by atoms with Crippen LogP contribution in [0, 0.1) is 0 Å². The number of halogens is 1. The van der Waals surface area contributed by atoms with Gasteiger partial charge < -0.3 is 10.6 Å². The second kappa shape index (κ2) is 7.35. The summed E-state index contributed by atoms with van der Waals surface area (Å²) < 4.78 is 1.02. The van der Waals surface area contributed by atoms with Gasteiger partial charge in [0.25, 0.3) is 5.91 Å². The lowest BCUT2D eigenvalue weighted by atomic mass is 10.1. The molecule has 0 bridgehead atoms. The van der Waals surface area contributed by atoms with Crippen LogP contribution < -0.4 is 10.6 Å². The quantitative estimate of drug-likeness (QED) is 0.435. The number of rotatable bonds is 6. The van der Waals surface area contributed by atoms with Crippen LogP contribution in [0.4, 0.5) is 4.79 Å². The number of imide groups is 1. The second-order valence-corrected chi connectivity index (χ2v) is 7.68. The molecule has 0 aliphatic carbocycles. The number of amides is 4. The maximum atomic E-state index is 12.0. The van der Waals surface area contributed by atoms with Gasteiger partial charge in [-0.25, -0.2) is 4.79 Å². The third kappa shape index (κ3) is 4.71. The van der Waals surface area contributed by atoms with Crippen molar-refractivity contribution in [2.75, 3.05) is 18.8 Å². The largest absolute Gasteiger partial charge is 0.354 e. The summed E-state index contributed by atoms with van der Waals surface area (Å²) in [6, 6.07) is 7.37. The molecule has 1 fully saturated rings. The molecule has 8 heteroatoms. The average Bonchev–Trinajstić information content (AvgIpc) is 2.67. The lowest BCUT2D eigenvalue weighted by molar-refractivity contribution is -0.134. The van der Waals surface area contributed by atoms with E-state index in [-0.39, 0.29) is 18.4 Å². The highest BCUT2D eigenvalue weighted by atomic mass is 79.9. The topological polar surface area (TPSA) is 78.5 Å². The minimum atomic E-state index is -0.950. The molecule has 6 nitrogen and oxygen atoms in total. The molecule has 0 unspecified atom stereocenters. The van der Waals surface area contributed by atoms with E-state index in [1.165, 1.54) is 0 Å². The van der Waals surface area contributed by atoms with Crippen molar-refractivity contribution in [1.29, 1.82) is 0 Å². The first-order valence-corrected chi connectivity index (χ1v) is 8.86. The minimum absolute atomic E-state index is 0.253. The molecule has 1 saturated heterocycles. The van der Waals surface area contributed by atoms with E-state index in [0.717, 1.165) is 14.3 Å². The average molecular weight is 400 g/mol. The second-order valence-electron chi connectivity index (χ2n) is 5.60. The monoisotopic (exact) mass is 399 g/mol. The van der Waals surface area contributed by atoms with E-state index >= 15 is 0 Å². The fraction of sp³-hybridized carbons (Fsp3) is 0.400. The Bertz CT molecular complexity index is 619. The van der Waals surface area contributed by atoms with E-state index in [9.17, 15) is 14.4 Å². The van der Waals surface area contributed by atoms with Crippen LogP contribution in [0.25, 0.3) is 0 Å². The molecule has 0 saturated carbocycles. The molecule has 1 aliphatic heterocycles. The molecule has 1 heterocycles. The van der Waals surface area contributed by atoms with Gasteiger partial charge in [-0.15, -0.1) is 11.8 Å². The van der Waals surface area contributed by atoms with Gasteiger partial charge in [-0.2, -0.15) is 0 Å². The Morgan fingerprint density at radius 1 is 1.30 bits per heavy atom. The lowest BCUT2D eigenvalue weighted by Crippen LogP contribution is -2.43. The van der Waals surface area contributed by atoms with E-state index in [0.29, 0.717) is 12.3 Å². The highest BCUT2D eigenvalue weighted by Crippen LogP contribution is 2.20. The fourth-order valence-electron chi connectivity index (χ4n) is 2.05. The third-order valence-electron chi connectivity index (χ3n) is 3.25. The number of urea groups is 1. The Balaban J connectivity index is 1.72. The van der Waals surface area contributed by atoms with Crippen LogP contribution in [0.3, 0.4) is 0 Å². The number of nitrogens with one attached hydrogen (secondary N) is 2. The van der Waals surface area contributed by atoms with Gasteiger partial charge in [-0.05, 0) is 38.1 Å². The standard InChI is InChI=1S/C15H18BrN3O3S/c1-15(2)13(21)19(14(22)18-15)9-12(20)17-7-8-23-11-5-3-10(16)4-6-11/h3-6H,7-9H2,1-2H3,(H,17,20)(H,18,22). The number of benzene rings is 1. The highest BCUT2D eigenvalue weighted by molar-refractivity contribution is 9.10. The SMILES string of the molecule is CC1(C)NC(=O)N(CC(=O)NCCSc2ccc(Br)cc2)C1=O. The molecule has 124 valence electrons. The number of hydrogen-bond acceptors (Lipinski definition) is 4. The van der Waals surface area contributed by atoms with E-state index in [4.69, 9.17) is 0 Å². The van der Waals surface area contributed by atoms with Crippen molar-refractivity contribution in [3.8, 4) is 0 Å². The number of carbonyl (C=O) groups is 3. The molecule has 4 amide bonds. The summed E-state index contributed by atoms with van der Waals surface area (Å²) in [6.07, 6.45) is 0. The van der Waals surface area contributed by atoms with E-state index in [1.54, 1.807) is 25.6 Å². The van der Waals surface area contributed by atoms with Crippen LogP contribution >= 0.6 is 27.7 Å². The number of carbonyl (C=O) groups excluding carboxylic acids is 3. The first-order valence-electron chi connectivity index (χ1n) is 7.09. The van der Waals surface area contributed by atoms with Crippen molar-refractivity contribution in [3.05, 3.63) is 28.7 Å². The van der Waals surface area contributed by atoms with Crippen molar-refractivity contribution in [2.45, 2.75) is 24.3 Å². The van der Waals surface area contributed by atoms with Gasteiger partial charge in [0.15, 0.2) is 0 Å². The van der Waals surface area contributed by atoms with Crippen LogP contribution in [0.15, 0.2) is 33.6 Å². The normalized spacial score (nSPS) is 16.4. The molecule has 1 aromatic carbocycles. The summed E-state index contributed by atoms with van der Waals surface area (Å²) in [6.45, 7) is 3.43. The van der Waals surface area contributed by atoms with Gasteiger partial charge in [-0.3, -0.25) is 14.5 Å². The summed E-state index contributed by atoms with van der Waals surface area (Å²) in [7, 11) is 0. The number of hydrogen-bond donors (Lipinski definition) is 2. The summed E-state index contributed by atoms with van der Waals surface area (Å²) in [5.41, 5.74) is -0.950. The van der Waals surface area contributed by atoms with Crippen LogP contribution in [0.1, 0.15) is 13.8 Å². The first kappa shape index (κ1) is 17.8. The van der Waals surface area contributed by atoms with E-state index < -0.39 is 11.6 Å². The Morgan fingerprint density at radius 2 is 1.96 bits per heavy atom. The van der Waals surface area contributed by atoms with Crippen molar-refractivity contribution < 1.29 is 14.4 Å². The molecule has 2 N–H and O–H groups in total. The van der Waals surface area contributed by atoms with Gasteiger partial charge >= 0.3 is 6.03 Å². The molecule has 1 aliphatic rings. The Morgan fingerprint density at radius 3 is 2.52 bits per heavy atom. The maximum absolute atomic E-state index is 12.0.